The van der Waals surface area contributed by atoms with E-state index in [1.54, 1.807) is 7.11 Å². The Morgan fingerprint density at radius 2 is 2.00 bits per heavy atom. The first-order valence-electron chi connectivity index (χ1n) is 10.8. The summed E-state index contributed by atoms with van der Waals surface area (Å²) in [4.78, 5) is 17.5. The van der Waals surface area contributed by atoms with Crippen molar-refractivity contribution in [2.75, 3.05) is 33.4 Å². The summed E-state index contributed by atoms with van der Waals surface area (Å²) in [6.45, 7) is 4.66. The number of hydrogen-bond acceptors (Lipinski definition) is 4. The number of para-hydroxylation sites is 1. The standard InChI is InChI=1S/C22H33N3O3/c1-27-21-7-3-2-5-17(21)15-25(19-8-9-19)22(26)23-18-10-12-24(13-11-18)16-20-6-4-14-28-20/h2-3,5,7,18-20H,4,6,8-16H2,1H3,(H,23,26). The molecule has 6 nitrogen and oxygen atoms in total. The zero-order valence-corrected chi connectivity index (χ0v) is 16.9. The molecule has 1 aromatic carbocycles. The summed E-state index contributed by atoms with van der Waals surface area (Å²) in [5, 5.41) is 3.30. The maximum absolute atomic E-state index is 13.0. The van der Waals surface area contributed by atoms with Gasteiger partial charge in [-0.2, -0.15) is 0 Å². The number of nitrogens with one attached hydrogen (secondary N) is 1. The quantitative estimate of drug-likeness (QED) is 0.781. The molecule has 1 unspecified atom stereocenters. The summed E-state index contributed by atoms with van der Waals surface area (Å²) < 4.78 is 11.2. The van der Waals surface area contributed by atoms with E-state index < -0.39 is 0 Å². The molecule has 28 heavy (non-hydrogen) atoms. The molecule has 2 saturated heterocycles. The minimum Gasteiger partial charge on any atom is -0.496 e. The second-order valence-corrected chi connectivity index (χ2v) is 8.33. The van der Waals surface area contributed by atoms with Crippen molar-refractivity contribution in [1.29, 1.82) is 0 Å². The van der Waals surface area contributed by atoms with Gasteiger partial charge in [0.25, 0.3) is 0 Å². The number of amides is 2. The highest BCUT2D eigenvalue weighted by Gasteiger charge is 2.34. The first kappa shape index (κ1) is 19.5. The Balaban J connectivity index is 1.28. The number of benzene rings is 1. The molecule has 1 aromatic rings. The second-order valence-electron chi connectivity index (χ2n) is 8.33. The van der Waals surface area contributed by atoms with E-state index in [1.807, 2.05) is 29.2 Å². The van der Waals surface area contributed by atoms with Crippen molar-refractivity contribution in [2.45, 2.75) is 63.3 Å². The van der Waals surface area contributed by atoms with Crippen LogP contribution in [-0.4, -0.2) is 67.4 Å². The SMILES string of the molecule is COc1ccccc1CN(C(=O)NC1CCN(CC2CCCO2)CC1)C1CC1. The van der Waals surface area contributed by atoms with Crippen LogP contribution in [0.1, 0.15) is 44.1 Å². The number of methoxy groups -OCH3 is 1. The van der Waals surface area contributed by atoms with E-state index in [-0.39, 0.29) is 12.1 Å². The summed E-state index contributed by atoms with van der Waals surface area (Å²) in [6.07, 6.45) is 7.04. The molecule has 1 atom stereocenters. The van der Waals surface area contributed by atoms with Gasteiger partial charge in [-0.1, -0.05) is 18.2 Å². The highest BCUT2D eigenvalue weighted by atomic mass is 16.5. The Labute approximate surface area is 168 Å². The number of likely N-dealkylation sites (tertiary alicyclic amines) is 1. The first-order chi connectivity index (χ1) is 13.7. The van der Waals surface area contributed by atoms with Crippen molar-refractivity contribution in [3.05, 3.63) is 29.8 Å². The molecule has 2 aliphatic heterocycles. The Hall–Kier alpha value is -1.79. The van der Waals surface area contributed by atoms with Crippen LogP contribution in [0.4, 0.5) is 4.79 Å². The van der Waals surface area contributed by atoms with E-state index in [4.69, 9.17) is 9.47 Å². The molecule has 3 fully saturated rings. The highest BCUT2D eigenvalue weighted by molar-refractivity contribution is 5.75. The number of carbonyl (C=O) groups is 1. The van der Waals surface area contributed by atoms with Gasteiger partial charge in [0.05, 0.1) is 19.8 Å². The third-order valence-corrected chi connectivity index (χ3v) is 6.18. The summed E-state index contributed by atoms with van der Waals surface area (Å²) in [6, 6.07) is 8.69. The molecule has 1 saturated carbocycles. The number of ether oxygens (including phenoxy) is 2. The largest absolute Gasteiger partial charge is 0.496 e. The zero-order valence-electron chi connectivity index (χ0n) is 16.9. The average Bonchev–Trinajstić information content (AvgIpc) is 3.43. The normalized spacial score (nSPS) is 23.5. The maximum Gasteiger partial charge on any atom is 0.318 e. The van der Waals surface area contributed by atoms with Gasteiger partial charge in [0.15, 0.2) is 0 Å². The summed E-state index contributed by atoms with van der Waals surface area (Å²) in [5.74, 6) is 0.850. The molecule has 4 rings (SSSR count). The van der Waals surface area contributed by atoms with E-state index in [0.717, 1.165) is 63.2 Å². The fourth-order valence-electron chi connectivity index (χ4n) is 4.36. The third kappa shape index (κ3) is 4.97. The predicted molar refractivity (Wildman–Crippen MR) is 109 cm³/mol. The van der Waals surface area contributed by atoms with Crippen LogP contribution >= 0.6 is 0 Å². The maximum atomic E-state index is 13.0. The Morgan fingerprint density at radius 3 is 2.68 bits per heavy atom. The minimum absolute atomic E-state index is 0.0750. The summed E-state index contributed by atoms with van der Waals surface area (Å²) in [5.41, 5.74) is 1.07. The predicted octanol–water partition coefficient (Wildman–Crippen LogP) is 3.01. The number of rotatable bonds is 7. The smallest absolute Gasteiger partial charge is 0.318 e. The van der Waals surface area contributed by atoms with Gasteiger partial charge in [-0.15, -0.1) is 0 Å². The van der Waals surface area contributed by atoms with Crippen LogP contribution in [0.15, 0.2) is 24.3 Å². The lowest BCUT2D eigenvalue weighted by Crippen LogP contribution is -2.50. The van der Waals surface area contributed by atoms with Crippen molar-refractivity contribution in [3.8, 4) is 5.75 Å². The van der Waals surface area contributed by atoms with Crippen LogP contribution in [0.25, 0.3) is 0 Å². The number of piperidine rings is 1. The second kappa shape index (κ2) is 9.14. The van der Waals surface area contributed by atoms with E-state index >= 15 is 0 Å². The van der Waals surface area contributed by atoms with Crippen molar-refractivity contribution in [3.63, 3.8) is 0 Å². The molecule has 0 radical (unpaired) electrons. The van der Waals surface area contributed by atoms with Crippen molar-refractivity contribution >= 4 is 6.03 Å². The fourth-order valence-corrected chi connectivity index (χ4v) is 4.36. The summed E-state index contributed by atoms with van der Waals surface area (Å²) >= 11 is 0. The van der Waals surface area contributed by atoms with Crippen LogP contribution in [0.3, 0.4) is 0 Å². The highest BCUT2D eigenvalue weighted by Crippen LogP contribution is 2.30. The lowest BCUT2D eigenvalue weighted by Gasteiger charge is -2.35. The number of carbonyl (C=O) groups excluding carboxylic acids is 1. The molecule has 0 aromatic heterocycles. The van der Waals surface area contributed by atoms with Crippen molar-refractivity contribution in [2.24, 2.45) is 0 Å². The Kier molecular flexibility index (Phi) is 6.37. The number of hydrogen-bond donors (Lipinski definition) is 1. The molecular formula is C22H33N3O3. The van der Waals surface area contributed by atoms with Crippen molar-refractivity contribution < 1.29 is 14.3 Å². The van der Waals surface area contributed by atoms with Crippen molar-refractivity contribution in [1.82, 2.24) is 15.1 Å². The minimum atomic E-state index is 0.0750. The lowest BCUT2D eigenvalue weighted by atomic mass is 10.0. The zero-order chi connectivity index (χ0) is 19.3. The topological polar surface area (TPSA) is 54.0 Å². The Bertz CT molecular complexity index is 650. The van der Waals surface area contributed by atoms with Gasteiger partial charge in [-0.3, -0.25) is 0 Å². The van der Waals surface area contributed by atoms with E-state index in [9.17, 15) is 4.79 Å². The van der Waals surface area contributed by atoms with E-state index in [0.29, 0.717) is 18.7 Å². The van der Waals surface area contributed by atoms with Gasteiger partial charge in [0, 0.05) is 43.9 Å². The fraction of sp³-hybridized carbons (Fsp3) is 0.682. The van der Waals surface area contributed by atoms with Gasteiger partial charge in [0.1, 0.15) is 5.75 Å². The first-order valence-corrected chi connectivity index (χ1v) is 10.8. The van der Waals surface area contributed by atoms with Gasteiger partial charge < -0.3 is 24.6 Å². The Morgan fingerprint density at radius 1 is 1.21 bits per heavy atom. The van der Waals surface area contributed by atoms with Crippen LogP contribution in [-0.2, 0) is 11.3 Å². The summed E-state index contributed by atoms with van der Waals surface area (Å²) in [7, 11) is 1.69. The van der Waals surface area contributed by atoms with E-state index in [2.05, 4.69) is 10.2 Å². The molecule has 0 bridgehead atoms. The molecule has 0 spiro atoms. The molecular weight excluding hydrogens is 354 g/mol. The molecule has 2 heterocycles. The molecule has 2 amide bonds. The van der Waals surface area contributed by atoms with Crippen LogP contribution in [0.2, 0.25) is 0 Å². The van der Waals surface area contributed by atoms with E-state index in [1.165, 1.54) is 12.8 Å². The monoisotopic (exact) mass is 387 g/mol. The van der Waals surface area contributed by atoms with Crippen LogP contribution in [0.5, 0.6) is 5.75 Å². The van der Waals surface area contributed by atoms with Gasteiger partial charge >= 0.3 is 6.03 Å². The van der Waals surface area contributed by atoms with Crippen LogP contribution < -0.4 is 10.1 Å². The van der Waals surface area contributed by atoms with Crippen LogP contribution in [0, 0.1) is 0 Å². The molecule has 3 aliphatic rings. The molecule has 6 heteroatoms. The number of urea groups is 1. The third-order valence-electron chi connectivity index (χ3n) is 6.18. The van der Waals surface area contributed by atoms with Gasteiger partial charge in [-0.25, -0.2) is 4.79 Å². The number of nitrogens with zero attached hydrogens (tertiary/aromatic N) is 2. The average molecular weight is 388 g/mol. The van der Waals surface area contributed by atoms with Gasteiger partial charge in [0.2, 0.25) is 0 Å². The molecule has 1 N–H and O–H groups in total. The molecule has 154 valence electrons. The molecule has 1 aliphatic carbocycles. The lowest BCUT2D eigenvalue weighted by molar-refractivity contribution is 0.0627. The van der Waals surface area contributed by atoms with Gasteiger partial charge in [-0.05, 0) is 44.6 Å².